The summed E-state index contributed by atoms with van der Waals surface area (Å²) in [5.41, 5.74) is 1.58. The molecule has 0 radical (unpaired) electrons. The number of carbonyl (C=O) groups excluding carboxylic acids is 3. The van der Waals surface area contributed by atoms with E-state index in [1.165, 1.54) is 6.92 Å². The Morgan fingerprint density at radius 1 is 0.893 bits per heavy atom. The molecule has 3 rings (SSSR count). The van der Waals surface area contributed by atoms with Crippen LogP contribution < -0.4 is 5.32 Å². The Morgan fingerprint density at radius 2 is 1.57 bits per heavy atom. The molecule has 0 saturated carbocycles. The van der Waals surface area contributed by atoms with E-state index in [-0.39, 0.29) is 17.7 Å². The Kier molecular flexibility index (Phi) is 6.31. The third-order valence-electron chi connectivity index (χ3n) is 4.60. The van der Waals surface area contributed by atoms with Crippen molar-refractivity contribution in [2.75, 3.05) is 31.5 Å². The number of amides is 3. The molecule has 0 aromatic heterocycles. The minimum Gasteiger partial charge on any atom is -0.337 e. The van der Waals surface area contributed by atoms with E-state index in [1.54, 1.807) is 58.3 Å². The number of nitrogens with one attached hydrogen (secondary N) is 1. The quantitative estimate of drug-likeness (QED) is 0.861. The van der Waals surface area contributed by atoms with Gasteiger partial charge in [0.05, 0.1) is 10.6 Å². The lowest BCUT2D eigenvalue weighted by Crippen LogP contribution is -2.37. The summed E-state index contributed by atoms with van der Waals surface area (Å²) in [7, 11) is 0. The van der Waals surface area contributed by atoms with Crippen LogP contribution in [0.25, 0.3) is 0 Å². The van der Waals surface area contributed by atoms with Crippen molar-refractivity contribution in [2.45, 2.75) is 13.3 Å². The van der Waals surface area contributed by atoms with Gasteiger partial charge >= 0.3 is 0 Å². The Bertz CT molecular complexity index is 900. The smallest absolute Gasteiger partial charge is 0.255 e. The second-order valence-electron chi connectivity index (χ2n) is 6.68. The Morgan fingerprint density at radius 3 is 2.25 bits per heavy atom. The van der Waals surface area contributed by atoms with Crippen LogP contribution in [0.5, 0.6) is 0 Å². The minimum atomic E-state index is -0.187. The zero-order valence-corrected chi connectivity index (χ0v) is 16.4. The number of benzene rings is 2. The molecule has 0 bridgehead atoms. The fraction of sp³-hybridized carbons (Fsp3) is 0.286. The van der Waals surface area contributed by atoms with Gasteiger partial charge < -0.3 is 15.1 Å². The van der Waals surface area contributed by atoms with E-state index < -0.39 is 0 Å². The molecule has 28 heavy (non-hydrogen) atoms. The molecule has 1 heterocycles. The minimum absolute atomic E-state index is 0.112. The first kappa shape index (κ1) is 19.9. The van der Waals surface area contributed by atoms with Gasteiger partial charge in [-0.15, -0.1) is 0 Å². The SMILES string of the molecule is CC(=O)Nc1cccc(C(=O)N2CCCN(C(=O)c3ccccc3Cl)CC2)c1. The van der Waals surface area contributed by atoms with E-state index in [4.69, 9.17) is 11.6 Å². The molecule has 2 aromatic rings. The largest absolute Gasteiger partial charge is 0.337 e. The summed E-state index contributed by atoms with van der Waals surface area (Å²) < 4.78 is 0. The molecule has 1 aliphatic rings. The normalized spacial score (nSPS) is 14.4. The van der Waals surface area contributed by atoms with E-state index in [0.29, 0.717) is 54.4 Å². The molecule has 1 N–H and O–H groups in total. The highest BCUT2D eigenvalue weighted by molar-refractivity contribution is 6.33. The number of rotatable bonds is 3. The lowest BCUT2D eigenvalue weighted by Gasteiger charge is -2.23. The number of hydrogen-bond acceptors (Lipinski definition) is 3. The fourth-order valence-corrected chi connectivity index (χ4v) is 3.46. The van der Waals surface area contributed by atoms with Crippen molar-refractivity contribution < 1.29 is 14.4 Å². The summed E-state index contributed by atoms with van der Waals surface area (Å²) in [6.07, 6.45) is 0.688. The summed E-state index contributed by atoms with van der Waals surface area (Å²) in [6.45, 7) is 3.45. The molecule has 6 nitrogen and oxygen atoms in total. The third kappa shape index (κ3) is 4.70. The van der Waals surface area contributed by atoms with Gasteiger partial charge in [-0.05, 0) is 36.8 Å². The van der Waals surface area contributed by atoms with E-state index >= 15 is 0 Å². The van der Waals surface area contributed by atoms with Gasteiger partial charge in [-0.3, -0.25) is 14.4 Å². The van der Waals surface area contributed by atoms with Gasteiger partial charge in [0.2, 0.25) is 5.91 Å². The molecule has 146 valence electrons. The molecule has 3 amide bonds. The first-order valence-corrected chi connectivity index (χ1v) is 9.54. The van der Waals surface area contributed by atoms with Crippen LogP contribution in [0.15, 0.2) is 48.5 Å². The zero-order valence-electron chi connectivity index (χ0n) is 15.7. The third-order valence-corrected chi connectivity index (χ3v) is 4.93. The maximum atomic E-state index is 12.9. The average Bonchev–Trinajstić information content (AvgIpc) is 2.93. The van der Waals surface area contributed by atoms with Crippen molar-refractivity contribution in [3.05, 3.63) is 64.7 Å². The van der Waals surface area contributed by atoms with Crippen LogP contribution >= 0.6 is 11.6 Å². The van der Waals surface area contributed by atoms with Crippen LogP contribution in [0.1, 0.15) is 34.1 Å². The second kappa shape index (κ2) is 8.89. The number of anilines is 1. The first-order valence-electron chi connectivity index (χ1n) is 9.16. The van der Waals surface area contributed by atoms with Gasteiger partial charge in [-0.1, -0.05) is 29.8 Å². The van der Waals surface area contributed by atoms with Crippen molar-refractivity contribution >= 4 is 35.0 Å². The summed E-state index contributed by atoms with van der Waals surface area (Å²) in [5, 5.41) is 3.12. The predicted octanol–water partition coefficient (Wildman–Crippen LogP) is 3.29. The van der Waals surface area contributed by atoms with Gasteiger partial charge in [-0.25, -0.2) is 0 Å². The highest BCUT2D eigenvalue weighted by Crippen LogP contribution is 2.19. The van der Waals surface area contributed by atoms with Crippen LogP contribution in [0.2, 0.25) is 5.02 Å². The van der Waals surface area contributed by atoms with Crippen LogP contribution in [-0.2, 0) is 4.79 Å². The van der Waals surface area contributed by atoms with Crippen LogP contribution in [-0.4, -0.2) is 53.7 Å². The lowest BCUT2D eigenvalue weighted by atomic mass is 10.1. The predicted molar refractivity (Wildman–Crippen MR) is 109 cm³/mol. The molecular formula is C21H22ClN3O3. The van der Waals surface area contributed by atoms with E-state index in [9.17, 15) is 14.4 Å². The summed E-state index contributed by atoms with van der Waals surface area (Å²) >= 11 is 6.15. The van der Waals surface area contributed by atoms with Gasteiger partial charge in [0.15, 0.2) is 0 Å². The highest BCUT2D eigenvalue weighted by atomic mass is 35.5. The van der Waals surface area contributed by atoms with Crippen molar-refractivity contribution in [1.82, 2.24) is 9.80 Å². The van der Waals surface area contributed by atoms with Gasteiger partial charge in [0.25, 0.3) is 11.8 Å². The maximum Gasteiger partial charge on any atom is 0.255 e. The maximum absolute atomic E-state index is 12.9. The molecular weight excluding hydrogens is 378 g/mol. The van der Waals surface area contributed by atoms with Gasteiger partial charge in [0.1, 0.15) is 0 Å². The summed E-state index contributed by atoms with van der Waals surface area (Å²) in [5.74, 6) is -0.417. The number of hydrogen-bond donors (Lipinski definition) is 1. The number of carbonyl (C=O) groups is 3. The highest BCUT2D eigenvalue weighted by Gasteiger charge is 2.24. The average molecular weight is 400 g/mol. The first-order chi connectivity index (χ1) is 13.5. The molecule has 1 saturated heterocycles. The standard InChI is InChI=1S/C21H22ClN3O3/c1-15(26)23-17-7-4-6-16(14-17)20(27)24-10-5-11-25(13-12-24)21(28)18-8-2-3-9-19(18)22/h2-4,6-9,14H,5,10-13H2,1H3,(H,23,26). The Labute approximate surface area is 169 Å². The number of halogens is 1. The van der Waals surface area contributed by atoms with E-state index in [0.717, 1.165) is 0 Å². The molecule has 7 heteroatoms. The van der Waals surface area contributed by atoms with Crippen LogP contribution in [0.4, 0.5) is 5.69 Å². The van der Waals surface area contributed by atoms with Crippen molar-refractivity contribution in [2.24, 2.45) is 0 Å². The van der Waals surface area contributed by atoms with Crippen molar-refractivity contribution in [3.63, 3.8) is 0 Å². The summed E-state index contributed by atoms with van der Waals surface area (Å²) in [4.78, 5) is 40.4. The molecule has 0 unspecified atom stereocenters. The molecule has 1 aliphatic heterocycles. The zero-order chi connectivity index (χ0) is 20.1. The monoisotopic (exact) mass is 399 g/mol. The fourth-order valence-electron chi connectivity index (χ4n) is 3.24. The Balaban J connectivity index is 1.68. The molecule has 1 fully saturated rings. The van der Waals surface area contributed by atoms with Crippen LogP contribution in [0, 0.1) is 0 Å². The number of nitrogens with zero attached hydrogens (tertiary/aromatic N) is 2. The molecule has 0 atom stereocenters. The van der Waals surface area contributed by atoms with Gasteiger partial charge in [-0.2, -0.15) is 0 Å². The second-order valence-corrected chi connectivity index (χ2v) is 7.09. The Hall–Kier alpha value is -2.86. The summed E-state index contributed by atoms with van der Waals surface area (Å²) in [6, 6.07) is 13.9. The van der Waals surface area contributed by atoms with Gasteiger partial charge in [0, 0.05) is 44.4 Å². The van der Waals surface area contributed by atoms with Crippen LogP contribution in [0.3, 0.4) is 0 Å². The van der Waals surface area contributed by atoms with Crippen molar-refractivity contribution in [1.29, 1.82) is 0 Å². The topological polar surface area (TPSA) is 69.7 Å². The van der Waals surface area contributed by atoms with Crippen molar-refractivity contribution in [3.8, 4) is 0 Å². The molecule has 0 spiro atoms. The van der Waals surface area contributed by atoms with E-state index in [2.05, 4.69) is 5.32 Å². The lowest BCUT2D eigenvalue weighted by molar-refractivity contribution is -0.114. The molecule has 2 aromatic carbocycles. The molecule has 0 aliphatic carbocycles. The van der Waals surface area contributed by atoms with E-state index in [1.807, 2.05) is 0 Å².